The first-order valence-electron chi connectivity index (χ1n) is 6.77. The fourth-order valence-electron chi connectivity index (χ4n) is 2.79. The topological polar surface area (TPSA) is 37.0 Å². The molecule has 2 N–H and O–H groups in total. The van der Waals surface area contributed by atoms with Gasteiger partial charge in [0.1, 0.15) is 0 Å². The van der Waals surface area contributed by atoms with Crippen LogP contribution < -0.4 is 10.6 Å². The van der Waals surface area contributed by atoms with Crippen LogP contribution in [-0.4, -0.2) is 30.7 Å². The van der Waals surface area contributed by atoms with Gasteiger partial charge in [-0.1, -0.05) is 6.07 Å². The van der Waals surface area contributed by atoms with Crippen LogP contribution in [0.25, 0.3) is 0 Å². The molecule has 1 unspecified atom stereocenters. The van der Waals surface area contributed by atoms with E-state index >= 15 is 0 Å². The van der Waals surface area contributed by atoms with Crippen LogP contribution in [0.1, 0.15) is 30.7 Å². The fourth-order valence-corrected chi connectivity index (χ4v) is 2.79. The summed E-state index contributed by atoms with van der Waals surface area (Å²) in [5.74, 6) is 1.59. The maximum Gasteiger partial charge on any atom is 0.0303 e. The molecule has 3 heteroatoms. The molecule has 0 amide bonds. The lowest BCUT2D eigenvalue weighted by molar-refractivity contribution is 0.355. The molecule has 3 rings (SSSR count). The van der Waals surface area contributed by atoms with Crippen LogP contribution in [0.15, 0.2) is 24.5 Å². The lowest BCUT2D eigenvalue weighted by Crippen LogP contribution is -2.34. The van der Waals surface area contributed by atoms with Gasteiger partial charge in [0, 0.05) is 24.4 Å². The average Bonchev–Trinajstić information content (AvgIpc) is 3.18. The Hall–Kier alpha value is -0.930. The summed E-state index contributed by atoms with van der Waals surface area (Å²) in [7, 11) is 0. The Balaban J connectivity index is 1.43. The Bertz CT molecular complexity index is 346. The van der Waals surface area contributed by atoms with Gasteiger partial charge in [0.25, 0.3) is 0 Å². The van der Waals surface area contributed by atoms with Crippen LogP contribution in [0.3, 0.4) is 0 Å². The van der Waals surface area contributed by atoms with Crippen molar-refractivity contribution in [1.29, 1.82) is 0 Å². The smallest absolute Gasteiger partial charge is 0.0303 e. The van der Waals surface area contributed by atoms with Gasteiger partial charge < -0.3 is 10.6 Å². The van der Waals surface area contributed by atoms with Gasteiger partial charge in [-0.05, 0) is 56.4 Å². The predicted octanol–water partition coefficient (Wildman–Crippen LogP) is 1.53. The van der Waals surface area contributed by atoms with Crippen LogP contribution in [0.4, 0.5) is 0 Å². The third-order valence-corrected chi connectivity index (χ3v) is 4.03. The average molecular weight is 231 g/mol. The van der Waals surface area contributed by atoms with E-state index in [4.69, 9.17) is 0 Å². The molecule has 2 heterocycles. The minimum absolute atomic E-state index is 0.703. The van der Waals surface area contributed by atoms with E-state index in [0.717, 1.165) is 5.92 Å². The summed E-state index contributed by atoms with van der Waals surface area (Å²) < 4.78 is 0. The van der Waals surface area contributed by atoms with Crippen LogP contribution >= 0.6 is 0 Å². The summed E-state index contributed by atoms with van der Waals surface area (Å²) in [5, 5.41) is 7.14. The molecule has 92 valence electrons. The number of rotatable bonds is 4. The highest BCUT2D eigenvalue weighted by atomic mass is 15.0. The molecular formula is C14H21N3. The van der Waals surface area contributed by atoms with Crippen molar-refractivity contribution in [3.63, 3.8) is 0 Å². The highest BCUT2D eigenvalue weighted by Gasteiger charge is 2.38. The molecule has 2 fully saturated rings. The first-order valence-corrected chi connectivity index (χ1v) is 6.77. The van der Waals surface area contributed by atoms with Crippen molar-refractivity contribution in [2.24, 2.45) is 5.92 Å². The number of hydrogen-bond acceptors (Lipinski definition) is 3. The lowest BCUT2D eigenvalue weighted by atomic mass is 9.98. The minimum Gasteiger partial charge on any atom is -0.317 e. The van der Waals surface area contributed by atoms with Crippen molar-refractivity contribution in [3.8, 4) is 0 Å². The molecule has 2 atom stereocenters. The number of hydrogen-bond donors (Lipinski definition) is 2. The highest BCUT2D eigenvalue weighted by molar-refractivity contribution is 5.24. The molecule has 1 aliphatic carbocycles. The largest absolute Gasteiger partial charge is 0.317 e. The van der Waals surface area contributed by atoms with Gasteiger partial charge in [0.15, 0.2) is 0 Å². The molecular weight excluding hydrogens is 210 g/mol. The molecule has 3 nitrogen and oxygen atoms in total. The molecule has 0 aromatic carbocycles. The number of piperidine rings is 1. The van der Waals surface area contributed by atoms with Crippen molar-refractivity contribution < 1.29 is 0 Å². The van der Waals surface area contributed by atoms with E-state index in [-0.39, 0.29) is 0 Å². The highest BCUT2D eigenvalue weighted by Crippen LogP contribution is 2.40. The van der Waals surface area contributed by atoms with Crippen molar-refractivity contribution in [2.75, 3.05) is 19.6 Å². The summed E-state index contributed by atoms with van der Waals surface area (Å²) in [4.78, 5) is 4.19. The quantitative estimate of drug-likeness (QED) is 0.825. The normalized spacial score (nSPS) is 29.2. The monoisotopic (exact) mass is 231 g/mol. The Labute approximate surface area is 103 Å². The van der Waals surface area contributed by atoms with Crippen molar-refractivity contribution in [3.05, 3.63) is 30.1 Å². The van der Waals surface area contributed by atoms with Crippen molar-refractivity contribution >= 4 is 0 Å². The van der Waals surface area contributed by atoms with E-state index < -0.39 is 0 Å². The zero-order valence-corrected chi connectivity index (χ0v) is 10.2. The molecule has 0 radical (unpaired) electrons. The zero-order chi connectivity index (χ0) is 11.5. The van der Waals surface area contributed by atoms with Crippen LogP contribution in [0, 0.1) is 5.92 Å². The van der Waals surface area contributed by atoms with Crippen LogP contribution in [-0.2, 0) is 0 Å². The zero-order valence-electron chi connectivity index (χ0n) is 10.2. The number of pyridine rings is 1. The Morgan fingerprint density at radius 1 is 1.35 bits per heavy atom. The predicted molar refractivity (Wildman–Crippen MR) is 69.0 cm³/mol. The van der Waals surface area contributed by atoms with E-state index in [9.17, 15) is 0 Å². The lowest BCUT2D eigenvalue weighted by Gasteiger charge is -2.22. The molecule has 1 aliphatic heterocycles. The molecule has 0 bridgehead atoms. The van der Waals surface area contributed by atoms with Gasteiger partial charge in [0.2, 0.25) is 0 Å². The first-order chi connectivity index (χ1) is 8.43. The van der Waals surface area contributed by atoms with Crippen LogP contribution in [0.2, 0.25) is 0 Å². The van der Waals surface area contributed by atoms with Gasteiger partial charge in [-0.3, -0.25) is 4.98 Å². The number of nitrogens with zero attached hydrogens (tertiary/aromatic N) is 1. The SMILES string of the molecule is c1cncc(C2C[C@@H]2NCC2CCNCC2)c1. The molecule has 2 aliphatic rings. The molecule has 0 spiro atoms. The summed E-state index contributed by atoms with van der Waals surface area (Å²) in [6.07, 6.45) is 7.81. The van der Waals surface area contributed by atoms with Crippen molar-refractivity contribution in [1.82, 2.24) is 15.6 Å². The Morgan fingerprint density at radius 3 is 3.00 bits per heavy atom. The summed E-state index contributed by atoms with van der Waals surface area (Å²) in [6, 6.07) is 4.94. The second-order valence-electron chi connectivity index (χ2n) is 5.34. The summed E-state index contributed by atoms with van der Waals surface area (Å²) >= 11 is 0. The van der Waals surface area contributed by atoms with E-state index in [1.165, 1.54) is 44.5 Å². The van der Waals surface area contributed by atoms with Gasteiger partial charge in [-0.25, -0.2) is 0 Å². The van der Waals surface area contributed by atoms with Crippen molar-refractivity contribution in [2.45, 2.75) is 31.2 Å². The third-order valence-electron chi connectivity index (χ3n) is 4.03. The second-order valence-corrected chi connectivity index (χ2v) is 5.34. The summed E-state index contributed by atoms with van der Waals surface area (Å²) in [5.41, 5.74) is 1.40. The second kappa shape index (κ2) is 5.15. The van der Waals surface area contributed by atoms with Gasteiger partial charge in [0.05, 0.1) is 0 Å². The van der Waals surface area contributed by atoms with E-state index in [1.807, 2.05) is 18.5 Å². The first kappa shape index (κ1) is 11.2. The van der Waals surface area contributed by atoms with Crippen LogP contribution in [0.5, 0.6) is 0 Å². The molecule has 1 saturated carbocycles. The molecule has 1 aromatic heterocycles. The Kier molecular flexibility index (Phi) is 3.39. The maximum atomic E-state index is 4.19. The van der Waals surface area contributed by atoms with E-state index in [1.54, 1.807) is 0 Å². The maximum absolute atomic E-state index is 4.19. The fraction of sp³-hybridized carbons (Fsp3) is 0.643. The molecule has 17 heavy (non-hydrogen) atoms. The molecule has 1 aromatic rings. The standard InChI is InChI=1S/C14H21N3/c1-2-12(10-16-5-1)13-8-14(13)17-9-11-3-6-15-7-4-11/h1-2,5,10-11,13-15,17H,3-4,6-9H2/t13?,14-/m0/s1. The van der Waals surface area contributed by atoms with Gasteiger partial charge in [-0.15, -0.1) is 0 Å². The third kappa shape index (κ3) is 2.85. The molecule has 1 saturated heterocycles. The van der Waals surface area contributed by atoms with Gasteiger partial charge >= 0.3 is 0 Å². The van der Waals surface area contributed by atoms with Gasteiger partial charge in [-0.2, -0.15) is 0 Å². The number of aromatic nitrogens is 1. The Morgan fingerprint density at radius 2 is 2.24 bits per heavy atom. The number of nitrogens with one attached hydrogen (secondary N) is 2. The summed E-state index contributed by atoms with van der Waals surface area (Å²) in [6.45, 7) is 3.59. The van der Waals surface area contributed by atoms with E-state index in [0.29, 0.717) is 12.0 Å². The van der Waals surface area contributed by atoms with E-state index in [2.05, 4.69) is 21.7 Å². The minimum atomic E-state index is 0.703.